The lowest BCUT2D eigenvalue weighted by molar-refractivity contribution is 1.19. The summed E-state index contributed by atoms with van der Waals surface area (Å²) in [6, 6.07) is 5.85. The van der Waals surface area contributed by atoms with Crippen molar-refractivity contribution in [2.75, 3.05) is 0 Å². The van der Waals surface area contributed by atoms with Gasteiger partial charge in [0.1, 0.15) is 5.15 Å². The van der Waals surface area contributed by atoms with E-state index in [-0.39, 0.29) is 0 Å². The Morgan fingerprint density at radius 2 is 1.93 bits per heavy atom. The average Bonchev–Trinajstić information content (AvgIpc) is 2.23. The van der Waals surface area contributed by atoms with Crippen LogP contribution in [0.1, 0.15) is 11.3 Å². The van der Waals surface area contributed by atoms with Crippen molar-refractivity contribution in [1.82, 2.24) is 9.97 Å². The minimum atomic E-state index is 0.513. The molecule has 15 heavy (non-hydrogen) atoms. The summed E-state index contributed by atoms with van der Waals surface area (Å²) in [6.45, 7) is 4.01. The lowest BCUT2D eigenvalue weighted by Gasteiger charge is -2.07. The van der Waals surface area contributed by atoms with Gasteiger partial charge < -0.3 is 0 Å². The van der Waals surface area contributed by atoms with Crippen LogP contribution in [0.3, 0.4) is 0 Å². The van der Waals surface area contributed by atoms with E-state index in [1.165, 1.54) is 0 Å². The molecule has 2 heterocycles. The fourth-order valence-corrected chi connectivity index (χ4v) is 1.72. The van der Waals surface area contributed by atoms with E-state index >= 15 is 0 Å². The van der Waals surface area contributed by atoms with Crippen LogP contribution >= 0.6 is 11.6 Å². The fourth-order valence-electron chi connectivity index (χ4n) is 1.56. The van der Waals surface area contributed by atoms with Crippen molar-refractivity contribution in [1.29, 1.82) is 0 Å². The van der Waals surface area contributed by atoms with E-state index in [0.717, 1.165) is 22.4 Å². The molecule has 0 spiro atoms. The average molecular weight is 219 g/mol. The van der Waals surface area contributed by atoms with Gasteiger partial charge in [-0.1, -0.05) is 17.7 Å². The number of aromatic nitrogens is 2. The van der Waals surface area contributed by atoms with Gasteiger partial charge >= 0.3 is 0 Å². The first-order chi connectivity index (χ1) is 7.18. The third-order valence-electron chi connectivity index (χ3n) is 2.37. The van der Waals surface area contributed by atoms with Crippen molar-refractivity contribution < 1.29 is 0 Å². The highest BCUT2D eigenvalue weighted by Crippen LogP contribution is 2.26. The van der Waals surface area contributed by atoms with Crippen LogP contribution in [-0.4, -0.2) is 9.97 Å². The maximum absolute atomic E-state index is 5.89. The minimum absolute atomic E-state index is 0.513. The number of nitrogens with zero attached hydrogens (tertiary/aromatic N) is 2. The highest BCUT2D eigenvalue weighted by atomic mass is 35.5. The van der Waals surface area contributed by atoms with Crippen molar-refractivity contribution in [3.63, 3.8) is 0 Å². The van der Waals surface area contributed by atoms with Crippen LogP contribution in [0, 0.1) is 13.8 Å². The maximum Gasteiger partial charge on any atom is 0.129 e. The van der Waals surface area contributed by atoms with E-state index in [2.05, 4.69) is 9.97 Å². The van der Waals surface area contributed by atoms with Crippen molar-refractivity contribution in [2.24, 2.45) is 0 Å². The summed E-state index contributed by atoms with van der Waals surface area (Å²) in [5.74, 6) is 0. The van der Waals surface area contributed by atoms with E-state index in [0.29, 0.717) is 5.15 Å². The van der Waals surface area contributed by atoms with Gasteiger partial charge in [-0.3, -0.25) is 4.98 Å². The van der Waals surface area contributed by atoms with E-state index in [9.17, 15) is 0 Å². The minimum Gasteiger partial charge on any atom is -0.261 e. The van der Waals surface area contributed by atoms with Crippen LogP contribution in [0.2, 0.25) is 5.15 Å². The summed E-state index contributed by atoms with van der Waals surface area (Å²) in [6.07, 6.45) is 3.57. The molecule has 0 fully saturated rings. The van der Waals surface area contributed by atoms with Crippen LogP contribution in [0.25, 0.3) is 11.1 Å². The topological polar surface area (TPSA) is 25.8 Å². The number of halogens is 1. The fraction of sp³-hybridized carbons (Fsp3) is 0.167. The number of hydrogen-bond donors (Lipinski definition) is 0. The van der Waals surface area contributed by atoms with Gasteiger partial charge in [0.15, 0.2) is 0 Å². The molecular weight excluding hydrogens is 208 g/mol. The Hall–Kier alpha value is -1.41. The van der Waals surface area contributed by atoms with Crippen molar-refractivity contribution in [2.45, 2.75) is 13.8 Å². The molecule has 0 atom stereocenters. The van der Waals surface area contributed by atoms with E-state index in [4.69, 9.17) is 11.6 Å². The van der Waals surface area contributed by atoms with Gasteiger partial charge in [-0.05, 0) is 37.1 Å². The van der Waals surface area contributed by atoms with Gasteiger partial charge in [-0.15, -0.1) is 0 Å². The van der Waals surface area contributed by atoms with Crippen molar-refractivity contribution in [3.8, 4) is 11.1 Å². The number of pyridine rings is 2. The van der Waals surface area contributed by atoms with Crippen molar-refractivity contribution in [3.05, 3.63) is 47.0 Å². The van der Waals surface area contributed by atoms with Crippen molar-refractivity contribution >= 4 is 11.6 Å². The first-order valence-electron chi connectivity index (χ1n) is 4.72. The third-order valence-corrected chi connectivity index (χ3v) is 2.57. The molecule has 0 N–H and O–H groups in total. The molecule has 2 rings (SSSR count). The largest absolute Gasteiger partial charge is 0.261 e. The van der Waals surface area contributed by atoms with Crippen LogP contribution < -0.4 is 0 Å². The molecule has 0 aliphatic heterocycles. The Balaban J connectivity index is 2.64. The Kier molecular flexibility index (Phi) is 2.69. The molecule has 0 aromatic carbocycles. The zero-order valence-electron chi connectivity index (χ0n) is 8.66. The predicted octanol–water partition coefficient (Wildman–Crippen LogP) is 3.41. The van der Waals surface area contributed by atoms with E-state index < -0.39 is 0 Å². The predicted molar refractivity (Wildman–Crippen MR) is 62.0 cm³/mol. The molecule has 0 saturated heterocycles. The summed E-state index contributed by atoms with van der Waals surface area (Å²) in [4.78, 5) is 8.30. The molecule has 0 unspecified atom stereocenters. The molecule has 0 aliphatic rings. The second-order valence-corrected chi connectivity index (χ2v) is 3.85. The SMILES string of the molecule is Cc1cnc(Cl)cc1-c1cccnc1C. The molecule has 2 aromatic heterocycles. The molecule has 2 aromatic rings. The van der Waals surface area contributed by atoms with Gasteiger partial charge in [0, 0.05) is 23.7 Å². The van der Waals surface area contributed by atoms with E-state index in [1.807, 2.05) is 32.0 Å². The molecule has 0 bridgehead atoms. The van der Waals surface area contributed by atoms with Gasteiger partial charge in [-0.2, -0.15) is 0 Å². The standard InChI is InChI=1S/C12H11ClN2/c1-8-7-15-12(13)6-11(8)10-4-3-5-14-9(10)2/h3-7H,1-2H3. The second kappa shape index (κ2) is 3.99. The van der Waals surface area contributed by atoms with Gasteiger partial charge in [-0.25, -0.2) is 4.98 Å². The molecular formula is C12H11ClN2. The number of rotatable bonds is 1. The summed E-state index contributed by atoms with van der Waals surface area (Å²) in [5, 5.41) is 0.513. The normalized spacial score (nSPS) is 10.3. The second-order valence-electron chi connectivity index (χ2n) is 3.46. The highest BCUT2D eigenvalue weighted by molar-refractivity contribution is 6.29. The summed E-state index contributed by atoms with van der Waals surface area (Å²) >= 11 is 5.89. The monoisotopic (exact) mass is 218 g/mol. The molecule has 0 radical (unpaired) electrons. The number of aryl methyl sites for hydroxylation is 2. The quantitative estimate of drug-likeness (QED) is 0.686. The number of hydrogen-bond acceptors (Lipinski definition) is 2. The Morgan fingerprint density at radius 3 is 2.67 bits per heavy atom. The molecule has 0 saturated carbocycles. The maximum atomic E-state index is 5.89. The zero-order valence-corrected chi connectivity index (χ0v) is 9.42. The zero-order chi connectivity index (χ0) is 10.8. The smallest absolute Gasteiger partial charge is 0.129 e. The molecule has 76 valence electrons. The van der Waals surface area contributed by atoms with Crippen LogP contribution in [0.5, 0.6) is 0 Å². The van der Waals surface area contributed by atoms with Crippen LogP contribution in [-0.2, 0) is 0 Å². The summed E-state index contributed by atoms with van der Waals surface area (Å²) < 4.78 is 0. The first-order valence-corrected chi connectivity index (χ1v) is 5.10. The Labute approximate surface area is 94.0 Å². The molecule has 0 aliphatic carbocycles. The van der Waals surface area contributed by atoms with Gasteiger partial charge in [0.25, 0.3) is 0 Å². The lowest BCUT2D eigenvalue weighted by atomic mass is 10.0. The highest BCUT2D eigenvalue weighted by Gasteiger charge is 2.06. The Morgan fingerprint density at radius 1 is 1.13 bits per heavy atom. The molecule has 2 nitrogen and oxygen atoms in total. The first kappa shape index (κ1) is 10.1. The lowest BCUT2D eigenvalue weighted by Crippen LogP contribution is -1.90. The van der Waals surface area contributed by atoms with Crippen LogP contribution in [0.15, 0.2) is 30.6 Å². The molecule has 3 heteroatoms. The Bertz CT molecular complexity index is 495. The van der Waals surface area contributed by atoms with E-state index in [1.54, 1.807) is 12.4 Å². The summed E-state index contributed by atoms with van der Waals surface area (Å²) in [7, 11) is 0. The third kappa shape index (κ3) is 2.00. The summed E-state index contributed by atoms with van der Waals surface area (Å²) in [5.41, 5.74) is 4.32. The van der Waals surface area contributed by atoms with Gasteiger partial charge in [0.05, 0.1) is 0 Å². The van der Waals surface area contributed by atoms with Gasteiger partial charge in [0.2, 0.25) is 0 Å². The van der Waals surface area contributed by atoms with Crippen LogP contribution in [0.4, 0.5) is 0 Å². The molecule has 0 amide bonds.